The summed E-state index contributed by atoms with van der Waals surface area (Å²) in [6.45, 7) is 10.0. The summed E-state index contributed by atoms with van der Waals surface area (Å²) < 4.78 is 0. The van der Waals surface area contributed by atoms with E-state index in [9.17, 15) is 4.79 Å². The Balaban J connectivity index is 0.000000469. The van der Waals surface area contributed by atoms with Crippen LogP contribution < -0.4 is 0 Å². The third-order valence-corrected chi connectivity index (χ3v) is 5.78. The van der Waals surface area contributed by atoms with Crippen LogP contribution in [-0.4, -0.2) is 88.6 Å². The van der Waals surface area contributed by atoms with Crippen molar-refractivity contribution in [3.8, 4) is 0 Å². The molecule has 166 valence electrons. The molecule has 30 heavy (non-hydrogen) atoms. The summed E-state index contributed by atoms with van der Waals surface area (Å²) in [5.74, 6) is -3.05. The van der Waals surface area contributed by atoms with Crippen molar-refractivity contribution in [2.45, 2.75) is 26.3 Å². The molecule has 2 fully saturated rings. The monoisotopic (exact) mass is 439 g/mol. The van der Waals surface area contributed by atoms with Gasteiger partial charge in [0, 0.05) is 43.7 Å². The van der Waals surface area contributed by atoms with Crippen LogP contribution in [0.25, 0.3) is 0 Å². The van der Waals surface area contributed by atoms with Gasteiger partial charge in [0.05, 0.1) is 0 Å². The van der Waals surface area contributed by atoms with Crippen LogP contribution in [0.15, 0.2) is 24.3 Å². The highest BCUT2D eigenvalue weighted by molar-refractivity contribution is 6.30. The Morgan fingerprint density at radius 2 is 1.57 bits per heavy atom. The fourth-order valence-electron chi connectivity index (χ4n) is 3.77. The van der Waals surface area contributed by atoms with E-state index in [0.717, 1.165) is 70.2 Å². The van der Waals surface area contributed by atoms with Crippen LogP contribution in [-0.2, 0) is 20.9 Å². The van der Waals surface area contributed by atoms with E-state index < -0.39 is 11.9 Å². The maximum Gasteiger partial charge on any atom is 0.414 e. The van der Waals surface area contributed by atoms with Crippen LogP contribution in [0.3, 0.4) is 0 Å². The molecule has 0 spiro atoms. The fourth-order valence-corrected chi connectivity index (χ4v) is 3.99. The zero-order valence-electron chi connectivity index (χ0n) is 17.3. The van der Waals surface area contributed by atoms with Gasteiger partial charge < -0.3 is 20.0 Å². The van der Waals surface area contributed by atoms with Crippen molar-refractivity contribution in [2.75, 3.05) is 45.8 Å². The lowest BCUT2D eigenvalue weighted by Crippen LogP contribution is -2.51. The molecule has 2 heterocycles. The second-order valence-electron chi connectivity index (χ2n) is 7.55. The second-order valence-corrected chi connectivity index (χ2v) is 7.99. The number of aliphatic carboxylic acids is 2. The van der Waals surface area contributed by atoms with Gasteiger partial charge in [-0.2, -0.15) is 0 Å². The molecule has 1 amide bonds. The minimum atomic E-state index is -1.82. The molecule has 0 bridgehead atoms. The number of hydrogen-bond acceptors (Lipinski definition) is 5. The number of carbonyl (C=O) groups excluding carboxylic acids is 1. The molecule has 1 aromatic carbocycles. The number of benzene rings is 1. The molecule has 2 saturated heterocycles. The minimum absolute atomic E-state index is 0.216. The van der Waals surface area contributed by atoms with Crippen LogP contribution >= 0.6 is 11.6 Å². The van der Waals surface area contributed by atoms with Crippen LogP contribution in [0.2, 0.25) is 5.02 Å². The number of piperazine rings is 1. The van der Waals surface area contributed by atoms with Crippen molar-refractivity contribution in [1.29, 1.82) is 0 Å². The van der Waals surface area contributed by atoms with Crippen molar-refractivity contribution in [1.82, 2.24) is 14.7 Å². The van der Waals surface area contributed by atoms with Gasteiger partial charge in [0.1, 0.15) is 0 Å². The van der Waals surface area contributed by atoms with Gasteiger partial charge in [0.25, 0.3) is 0 Å². The summed E-state index contributed by atoms with van der Waals surface area (Å²) in [4.78, 5) is 37.9. The first-order chi connectivity index (χ1) is 14.3. The van der Waals surface area contributed by atoms with Gasteiger partial charge in [-0.25, -0.2) is 9.59 Å². The Morgan fingerprint density at radius 3 is 2.07 bits per heavy atom. The molecule has 0 aromatic heterocycles. The zero-order chi connectivity index (χ0) is 22.1. The van der Waals surface area contributed by atoms with Crippen molar-refractivity contribution >= 4 is 29.4 Å². The molecule has 2 aliphatic rings. The number of amides is 1. The number of rotatable bonds is 4. The summed E-state index contributed by atoms with van der Waals surface area (Å²) in [5.41, 5.74) is 1.25. The van der Waals surface area contributed by atoms with E-state index in [4.69, 9.17) is 31.4 Å². The van der Waals surface area contributed by atoms with Gasteiger partial charge in [-0.15, -0.1) is 0 Å². The van der Waals surface area contributed by atoms with E-state index in [1.54, 1.807) is 0 Å². The number of nitrogens with zero attached hydrogens (tertiary/aromatic N) is 3. The maximum absolute atomic E-state index is 12.7. The third kappa shape index (κ3) is 7.59. The van der Waals surface area contributed by atoms with E-state index in [0.29, 0.717) is 5.91 Å². The molecule has 2 aliphatic heterocycles. The Morgan fingerprint density at radius 1 is 0.967 bits per heavy atom. The molecular formula is C21H30ClN3O5. The molecule has 8 nitrogen and oxygen atoms in total. The van der Waals surface area contributed by atoms with Gasteiger partial charge in [-0.05, 0) is 50.2 Å². The first kappa shape index (κ1) is 24.1. The Bertz CT molecular complexity index is 717. The molecule has 0 radical (unpaired) electrons. The largest absolute Gasteiger partial charge is 0.473 e. The molecule has 2 N–H and O–H groups in total. The molecule has 9 heteroatoms. The summed E-state index contributed by atoms with van der Waals surface area (Å²) in [5, 5.41) is 15.6. The standard InChI is InChI=1S/C19H28ClN3O.C2H2O4/c1-2-21-10-12-23(13-11-21)19(24)17-6-8-22(9-7-17)15-16-4-3-5-18(20)14-16;3-1(4)2(5)6/h3-5,14,17H,2,6-13,15H2,1H3;(H,3,4)(H,5,6). The maximum atomic E-state index is 12.7. The summed E-state index contributed by atoms with van der Waals surface area (Å²) in [7, 11) is 0. The Labute approximate surface area is 182 Å². The molecule has 0 saturated carbocycles. The van der Waals surface area contributed by atoms with Crippen molar-refractivity contribution < 1.29 is 24.6 Å². The predicted octanol–water partition coefficient (Wildman–Crippen LogP) is 1.87. The molecule has 0 aliphatic carbocycles. The number of hydrogen-bond donors (Lipinski definition) is 2. The topological polar surface area (TPSA) is 101 Å². The van der Waals surface area contributed by atoms with Crippen LogP contribution in [0.5, 0.6) is 0 Å². The van der Waals surface area contributed by atoms with Gasteiger partial charge in [-0.1, -0.05) is 30.7 Å². The van der Waals surface area contributed by atoms with Gasteiger partial charge >= 0.3 is 11.9 Å². The molecule has 0 atom stereocenters. The highest BCUT2D eigenvalue weighted by atomic mass is 35.5. The van der Waals surface area contributed by atoms with E-state index in [1.807, 2.05) is 18.2 Å². The molecular weight excluding hydrogens is 410 g/mol. The number of piperidine rings is 1. The predicted molar refractivity (Wildman–Crippen MR) is 113 cm³/mol. The van der Waals surface area contributed by atoms with Gasteiger partial charge in [0.15, 0.2) is 0 Å². The van der Waals surface area contributed by atoms with Crippen molar-refractivity contribution in [3.05, 3.63) is 34.9 Å². The van der Waals surface area contributed by atoms with Crippen LogP contribution in [0.4, 0.5) is 0 Å². The fraction of sp³-hybridized carbons (Fsp3) is 0.571. The van der Waals surface area contributed by atoms with Crippen molar-refractivity contribution in [3.63, 3.8) is 0 Å². The number of halogens is 1. The smallest absolute Gasteiger partial charge is 0.414 e. The van der Waals surface area contributed by atoms with Gasteiger partial charge in [-0.3, -0.25) is 9.69 Å². The third-order valence-electron chi connectivity index (χ3n) is 5.55. The summed E-state index contributed by atoms with van der Waals surface area (Å²) >= 11 is 6.06. The quantitative estimate of drug-likeness (QED) is 0.690. The first-order valence-electron chi connectivity index (χ1n) is 10.2. The molecule has 0 unspecified atom stereocenters. The van der Waals surface area contributed by atoms with E-state index in [-0.39, 0.29) is 5.92 Å². The summed E-state index contributed by atoms with van der Waals surface area (Å²) in [6.07, 6.45) is 1.96. The number of carboxylic acid groups (broad SMARTS) is 2. The van der Waals surface area contributed by atoms with E-state index >= 15 is 0 Å². The number of carbonyl (C=O) groups is 3. The number of carboxylic acids is 2. The van der Waals surface area contributed by atoms with E-state index in [2.05, 4.69) is 27.7 Å². The average Bonchev–Trinajstić information content (AvgIpc) is 2.74. The van der Waals surface area contributed by atoms with Crippen LogP contribution in [0, 0.1) is 5.92 Å². The molecule has 3 rings (SSSR count). The summed E-state index contributed by atoms with van der Waals surface area (Å²) in [6, 6.07) is 8.07. The molecule has 1 aromatic rings. The first-order valence-corrected chi connectivity index (χ1v) is 10.6. The van der Waals surface area contributed by atoms with Gasteiger partial charge in [0.2, 0.25) is 5.91 Å². The van der Waals surface area contributed by atoms with Crippen molar-refractivity contribution in [2.24, 2.45) is 5.92 Å². The van der Waals surface area contributed by atoms with Crippen LogP contribution in [0.1, 0.15) is 25.3 Å². The minimum Gasteiger partial charge on any atom is -0.473 e. The van der Waals surface area contributed by atoms with E-state index in [1.165, 1.54) is 5.56 Å². The SMILES string of the molecule is CCN1CCN(C(=O)C2CCN(Cc3cccc(Cl)c3)CC2)CC1.O=C(O)C(=O)O. The highest BCUT2D eigenvalue weighted by Gasteiger charge is 2.30. The average molecular weight is 440 g/mol. The second kappa shape index (κ2) is 11.9. The Kier molecular flexibility index (Phi) is 9.55. The highest BCUT2D eigenvalue weighted by Crippen LogP contribution is 2.22. The normalized spacial score (nSPS) is 18.4. The zero-order valence-corrected chi connectivity index (χ0v) is 18.1. The Hall–Kier alpha value is -2.16. The number of likely N-dealkylation sites (N-methyl/N-ethyl adjacent to an activating group) is 1. The lowest BCUT2D eigenvalue weighted by atomic mass is 9.94. The number of likely N-dealkylation sites (tertiary alicyclic amines) is 1. The lowest BCUT2D eigenvalue weighted by Gasteiger charge is -2.38. The lowest BCUT2D eigenvalue weighted by molar-refractivity contribution is -0.159.